The van der Waals surface area contributed by atoms with E-state index >= 15 is 0 Å². The lowest BCUT2D eigenvalue weighted by molar-refractivity contribution is 1.33. The van der Waals surface area contributed by atoms with E-state index < -0.39 is 13.8 Å². The van der Waals surface area contributed by atoms with Crippen LogP contribution in [0.5, 0.6) is 0 Å². The van der Waals surface area contributed by atoms with Crippen molar-refractivity contribution in [2.24, 2.45) is 0 Å². The Morgan fingerprint density at radius 3 is 0.550 bits per heavy atom. The Bertz CT molecular complexity index is 1320. The van der Waals surface area contributed by atoms with Crippen molar-refractivity contribution in [3.8, 4) is 0 Å². The largest absolute Gasteiger partial charge is 0.235 e. The highest BCUT2D eigenvalue weighted by atomic mass is 35.6. The average molecular weight is 604 g/mol. The van der Waals surface area contributed by atoms with Gasteiger partial charge in [0.25, 0.3) is 0 Å². The first-order valence-corrected chi connectivity index (χ1v) is 21.3. The Kier molecular flexibility index (Phi) is 8.44. The van der Waals surface area contributed by atoms with Crippen LogP contribution < -0.4 is 20.7 Å². The third kappa shape index (κ3) is 4.85. The van der Waals surface area contributed by atoms with E-state index in [-0.39, 0.29) is 0 Å². The number of hydrogen-bond donors (Lipinski definition) is 0. The van der Waals surface area contributed by atoms with Crippen molar-refractivity contribution in [2.75, 3.05) is 0 Å². The summed E-state index contributed by atoms with van der Waals surface area (Å²) in [5.41, 5.74) is 15.0. The summed E-state index contributed by atoms with van der Waals surface area (Å²) in [6, 6.07) is 18.5. The Morgan fingerprint density at radius 1 is 0.300 bits per heavy atom. The molecule has 0 bridgehead atoms. The van der Waals surface area contributed by atoms with E-state index in [0.717, 1.165) is 0 Å². The zero-order valence-electron chi connectivity index (χ0n) is 26.4. The van der Waals surface area contributed by atoms with Crippen LogP contribution in [0.15, 0.2) is 48.5 Å². The highest BCUT2D eigenvalue weighted by molar-refractivity contribution is 7.84. The third-order valence-corrected chi connectivity index (χ3v) is 29.5. The van der Waals surface area contributed by atoms with Crippen molar-refractivity contribution < 1.29 is 0 Å². The summed E-state index contributed by atoms with van der Waals surface area (Å²) in [7, 11) is 0. The summed E-state index contributed by atoms with van der Waals surface area (Å²) in [5, 5.41) is 5.15. The fourth-order valence-corrected chi connectivity index (χ4v) is 30.5. The van der Waals surface area contributed by atoms with Crippen LogP contribution in [0, 0.1) is 83.1 Å². The molecule has 0 unspecified atom stereocenters. The van der Waals surface area contributed by atoms with Crippen molar-refractivity contribution >= 4 is 56.7 Å². The quantitative estimate of drug-likeness (QED) is 0.162. The lowest BCUT2D eigenvalue weighted by Crippen LogP contribution is -2.83. The SMILES string of the molecule is Cc1cc(C)c([Si](Cl)(c2c(C)cc(C)cc2C)[Si](Cl)(c2c(C)cc(C)cc2C)c2c(C)cc(C)cc2C)c(C)c1. The average Bonchev–Trinajstić information content (AvgIpc) is 2.76. The molecule has 0 fully saturated rings. The molecule has 0 N–H and O–H groups in total. The van der Waals surface area contributed by atoms with Crippen LogP contribution in [0.3, 0.4) is 0 Å². The molecule has 0 radical (unpaired) electrons. The smallest absolute Gasteiger partial charge is 0.156 e. The molecule has 0 atom stereocenters. The Balaban J connectivity index is 2.39. The Hall–Kier alpha value is -2.11. The minimum Gasteiger partial charge on any atom is -0.156 e. The van der Waals surface area contributed by atoms with Crippen LogP contribution in [-0.4, -0.2) is 13.8 Å². The molecule has 0 aliphatic rings. The fraction of sp³-hybridized carbons (Fsp3) is 0.333. The van der Waals surface area contributed by atoms with Gasteiger partial charge in [0.2, 0.25) is 13.8 Å². The maximum atomic E-state index is 8.73. The summed E-state index contributed by atoms with van der Waals surface area (Å²) in [5.74, 6) is 0. The van der Waals surface area contributed by atoms with E-state index in [1.165, 1.54) is 87.5 Å². The van der Waals surface area contributed by atoms with Crippen LogP contribution in [0.2, 0.25) is 0 Å². The Labute approximate surface area is 254 Å². The zero-order chi connectivity index (χ0) is 29.9. The normalized spacial score (nSPS) is 12.2. The van der Waals surface area contributed by atoms with E-state index in [9.17, 15) is 0 Å². The number of benzene rings is 4. The van der Waals surface area contributed by atoms with Gasteiger partial charge in [-0.05, 0) is 148 Å². The maximum absolute atomic E-state index is 8.73. The van der Waals surface area contributed by atoms with Crippen molar-refractivity contribution in [1.82, 2.24) is 0 Å². The van der Waals surface area contributed by atoms with Gasteiger partial charge in [-0.2, -0.15) is 22.2 Å². The summed E-state index contributed by atoms with van der Waals surface area (Å²) < 4.78 is 0. The van der Waals surface area contributed by atoms with Gasteiger partial charge in [-0.25, -0.2) is 0 Å². The van der Waals surface area contributed by atoms with Gasteiger partial charge >= 0.3 is 0 Å². The fourth-order valence-electron chi connectivity index (χ4n) is 7.83. The minimum atomic E-state index is -3.24. The molecule has 0 aliphatic heterocycles. The van der Waals surface area contributed by atoms with Gasteiger partial charge < -0.3 is 0 Å². The number of aryl methyl sites for hydroxylation is 12. The molecule has 0 aromatic heterocycles. The first kappa shape index (κ1) is 30.8. The van der Waals surface area contributed by atoms with Gasteiger partial charge in [0.1, 0.15) is 0 Å². The van der Waals surface area contributed by atoms with E-state index in [1.54, 1.807) is 0 Å². The Morgan fingerprint density at radius 2 is 0.425 bits per heavy atom. The highest BCUT2D eigenvalue weighted by Gasteiger charge is 2.63. The monoisotopic (exact) mass is 602 g/mol. The molecule has 40 heavy (non-hydrogen) atoms. The van der Waals surface area contributed by atoms with Crippen LogP contribution in [0.1, 0.15) is 66.8 Å². The van der Waals surface area contributed by atoms with Crippen LogP contribution in [0.25, 0.3) is 0 Å². The van der Waals surface area contributed by atoms with Crippen LogP contribution in [-0.2, 0) is 0 Å². The van der Waals surface area contributed by atoms with Gasteiger partial charge in [-0.15, -0.1) is 0 Å². The maximum Gasteiger partial charge on any atom is 0.235 e. The predicted molar refractivity (Wildman–Crippen MR) is 184 cm³/mol. The summed E-state index contributed by atoms with van der Waals surface area (Å²) in [6.45, 7) is 20.2. The molecule has 4 aromatic carbocycles. The molecular formula is C36H44Cl2Si2. The number of rotatable bonds is 5. The van der Waals surface area contributed by atoms with Crippen molar-refractivity contribution in [3.63, 3.8) is 0 Å². The van der Waals surface area contributed by atoms with E-state index in [4.69, 9.17) is 22.2 Å². The molecule has 4 heteroatoms. The van der Waals surface area contributed by atoms with E-state index in [0.29, 0.717) is 0 Å². The second kappa shape index (κ2) is 10.9. The molecule has 0 saturated heterocycles. The summed E-state index contributed by atoms with van der Waals surface area (Å²) >= 11 is 17.5. The molecular weight excluding hydrogens is 559 g/mol. The highest BCUT2D eigenvalue weighted by Crippen LogP contribution is 2.35. The first-order valence-electron chi connectivity index (χ1n) is 14.2. The molecule has 0 aliphatic carbocycles. The summed E-state index contributed by atoms with van der Waals surface area (Å²) in [4.78, 5) is 0. The minimum absolute atomic E-state index is 1.25. The zero-order valence-corrected chi connectivity index (χ0v) is 29.9. The van der Waals surface area contributed by atoms with Crippen molar-refractivity contribution in [2.45, 2.75) is 83.1 Å². The van der Waals surface area contributed by atoms with Gasteiger partial charge in [0.05, 0.1) is 0 Å². The molecule has 4 aromatic rings. The molecule has 210 valence electrons. The van der Waals surface area contributed by atoms with Crippen molar-refractivity contribution in [1.29, 1.82) is 0 Å². The van der Waals surface area contributed by atoms with Crippen LogP contribution >= 0.6 is 22.2 Å². The van der Waals surface area contributed by atoms with Gasteiger partial charge in [0.15, 0.2) is 0 Å². The van der Waals surface area contributed by atoms with E-state index in [1.807, 2.05) is 0 Å². The number of halogens is 2. The van der Waals surface area contributed by atoms with Crippen molar-refractivity contribution in [3.05, 3.63) is 115 Å². The molecule has 0 spiro atoms. The first-order chi connectivity index (χ1) is 18.5. The summed E-state index contributed by atoms with van der Waals surface area (Å²) in [6.07, 6.45) is 0. The standard InChI is InChI=1S/C36H44Cl2Si2/c1-21-13-25(5)33(26(6)14-21)39(37,34-27(7)15-22(2)16-28(34)8)40(38,35-29(9)17-23(3)18-30(35)10)36-31(11)19-24(4)20-32(36)12/h13-20H,1-12H3. The second-order valence-electron chi connectivity index (χ2n) is 12.4. The van der Waals surface area contributed by atoms with E-state index in [2.05, 4.69) is 132 Å². The predicted octanol–water partition coefficient (Wildman–Crippen LogP) is 7.76. The number of hydrogen-bond acceptors (Lipinski definition) is 0. The van der Waals surface area contributed by atoms with Gasteiger partial charge in [0, 0.05) is 0 Å². The van der Waals surface area contributed by atoms with Gasteiger partial charge in [-0.3, -0.25) is 0 Å². The molecule has 4 rings (SSSR count). The topological polar surface area (TPSA) is 0 Å². The molecule has 0 saturated carbocycles. The van der Waals surface area contributed by atoms with Crippen LogP contribution in [0.4, 0.5) is 0 Å². The third-order valence-electron chi connectivity index (χ3n) is 8.56. The molecule has 0 amide bonds. The lowest BCUT2D eigenvalue weighted by atomic mass is 10.1. The molecule has 0 nitrogen and oxygen atoms in total. The lowest BCUT2D eigenvalue weighted by Gasteiger charge is -2.45. The van der Waals surface area contributed by atoms with Gasteiger partial charge in [-0.1, -0.05) is 70.8 Å². The second-order valence-corrected chi connectivity index (χ2v) is 26.8. The molecule has 0 heterocycles.